The van der Waals surface area contributed by atoms with Gasteiger partial charge in [-0.15, -0.1) is 0 Å². The first-order valence-electron chi connectivity index (χ1n) is 11.4. The van der Waals surface area contributed by atoms with E-state index in [0.717, 1.165) is 48.2 Å². The summed E-state index contributed by atoms with van der Waals surface area (Å²) in [5.41, 5.74) is 2.51. The first-order chi connectivity index (χ1) is 16.5. The summed E-state index contributed by atoms with van der Waals surface area (Å²) in [6, 6.07) is 24.7. The molecular weight excluding hydrogens is 444 g/mol. The number of sulfonamides is 1. The second kappa shape index (κ2) is 9.44. The highest BCUT2D eigenvalue weighted by molar-refractivity contribution is 7.92. The van der Waals surface area contributed by atoms with Gasteiger partial charge in [0.05, 0.1) is 17.1 Å². The first-order valence-corrected chi connectivity index (χ1v) is 12.9. The number of piperazine rings is 1. The molecule has 6 nitrogen and oxygen atoms in total. The Hall–Kier alpha value is -3.42. The summed E-state index contributed by atoms with van der Waals surface area (Å²) in [6.45, 7) is 4.01. The molecule has 0 saturated carbocycles. The van der Waals surface area contributed by atoms with E-state index in [-0.39, 0.29) is 11.4 Å². The van der Waals surface area contributed by atoms with Gasteiger partial charge in [0.15, 0.2) is 0 Å². The number of fused-ring (bicyclic) bond motifs is 1. The maximum atomic E-state index is 14.0. The highest BCUT2D eigenvalue weighted by atomic mass is 32.2. The number of likely N-dealkylation sites (N-methyl/N-ethyl adjacent to an activating group) is 1. The zero-order valence-corrected chi connectivity index (χ0v) is 20.0. The summed E-state index contributed by atoms with van der Waals surface area (Å²) in [6.07, 6.45) is 3.41. The molecule has 4 aromatic rings. The number of rotatable bonds is 6. The lowest BCUT2D eigenvalue weighted by Gasteiger charge is -2.34. The van der Waals surface area contributed by atoms with Crippen LogP contribution in [0.25, 0.3) is 10.8 Å². The third kappa shape index (κ3) is 4.62. The monoisotopic (exact) mass is 472 g/mol. The summed E-state index contributed by atoms with van der Waals surface area (Å²) in [5, 5.41) is 1.91. The van der Waals surface area contributed by atoms with E-state index >= 15 is 0 Å². The van der Waals surface area contributed by atoms with Crippen molar-refractivity contribution in [2.45, 2.75) is 11.4 Å². The van der Waals surface area contributed by atoms with Crippen molar-refractivity contribution >= 4 is 32.2 Å². The maximum Gasteiger partial charge on any atom is 0.264 e. The van der Waals surface area contributed by atoms with Crippen molar-refractivity contribution in [2.24, 2.45) is 0 Å². The Balaban J connectivity index is 1.56. The van der Waals surface area contributed by atoms with Crippen LogP contribution >= 0.6 is 0 Å². The predicted octanol–water partition coefficient (Wildman–Crippen LogP) is 4.38. The van der Waals surface area contributed by atoms with Crippen molar-refractivity contribution in [1.29, 1.82) is 0 Å². The van der Waals surface area contributed by atoms with E-state index in [1.165, 1.54) is 4.31 Å². The molecule has 0 amide bonds. The highest BCUT2D eigenvalue weighted by Crippen LogP contribution is 2.31. The van der Waals surface area contributed by atoms with Gasteiger partial charge in [0.2, 0.25) is 0 Å². The minimum atomic E-state index is -3.82. The van der Waals surface area contributed by atoms with E-state index in [2.05, 4.69) is 27.9 Å². The highest BCUT2D eigenvalue weighted by Gasteiger charge is 2.26. The molecule has 1 aliphatic heterocycles. The lowest BCUT2D eigenvalue weighted by Crippen LogP contribution is -2.44. The molecule has 1 fully saturated rings. The fourth-order valence-electron chi connectivity index (χ4n) is 4.34. The lowest BCUT2D eigenvalue weighted by molar-refractivity contribution is 0.313. The Bertz CT molecular complexity index is 1380. The van der Waals surface area contributed by atoms with Crippen LogP contribution in [0.15, 0.2) is 96.2 Å². The zero-order valence-electron chi connectivity index (χ0n) is 19.2. The molecule has 3 aromatic carbocycles. The zero-order chi connectivity index (χ0) is 23.5. The van der Waals surface area contributed by atoms with Crippen LogP contribution < -0.4 is 9.21 Å². The predicted molar refractivity (Wildman–Crippen MR) is 138 cm³/mol. The van der Waals surface area contributed by atoms with Gasteiger partial charge in [0.25, 0.3) is 10.0 Å². The number of anilines is 2. The van der Waals surface area contributed by atoms with Crippen molar-refractivity contribution in [3.63, 3.8) is 0 Å². The SMILES string of the molecule is CN1CCN(c2cccc(N(Cc3cccnc3)S(=O)(=O)c3ccc4ccccc4c3)c2)CC1. The standard InChI is InChI=1S/C27H28N4O2S/c1-29-14-16-30(17-15-29)25-9-4-10-26(19-25)31(21-22-6-5-13-28-20-22)34(32,33)27-12-11-23-7-2-3-8-24(23)18-27/h2-13,18-20H,14-17,21H2,1H3. The lowest BCUT2D eigenvalue weighted by atomic mass is 10.1. The number of nitrogens with zero attached hydrogens (tertiary/aromatic N) is 4. The fourth-order valence-corrected chi connectivity index (χ4v) is 5.82. The van der Waals surface area contributed by atoms with Gasteiger partial charge in [-0.2, -0.15) is 0 Å². The molecule has 174 valence electrons. The third-order valence-corrected chi connectivity index (χ3v) is 8.11. The average molecular weight is 473 g/mol. The van der Waals surface area contributed by atoms with Crippen LogP contribution in [0.2, 0.25) is 0 Å². The summed E-state index contributed by atoms with van der Waals surface area (Å²) in [7, 11) is -1.70. The molecule has 1 saturated heterocycles. The fraction of sp³-hybridized carbons (Fsp3) is 0.222. The Labute approximate surface area is 201 Å². The molecule has 7 heteroatoms. The molecule has 0 radical (unpaired) electrons. The quantitative estimate of drug-likeness (QED) is 0.417. The van der Waals surface area contributed by atoms with Crippen molar-refractivity contribution in [2.75, 3.05) is 42.4 Å². The van der Waals surface area contributed by atoms with Gasteiger partial charge in [-0.1, -0.05) is 42.5 Å². The molecule has 0 atom stereocenters. The first kappa shape index (κ1) is 22.4. The number of hydrogen-bond acceptors (Lipinski definition) is 5. The van der Waals surface area contributed by atoms with E-state index in [9.17, 15) is 8.42 Å². The summed E-state index contributed by atoms with van der Waals surface area (Å²) < 4.78 is 29.5. The van der Waals surface area contributed by atoms with E-state index in [1.807, 2.05) is 60.7 Å². The van der Waals surface area contributed by atoms with E-state index in [1.54, 1.807) is 24.5 Å². The smallest absolute Gasteiger partial charge is 0.264 e. The summed E-state index contributed by atoms with van der Waals surface area (Å²) >= 11 is 0. The summed E-state index contributed by atoms with van der Waals surface area (Å²) in [4.78, 5) is 9.09. The topological polar surface area (TPSA) is 56.8 Å². The second-order valence-corrected chi connectivity index (χ2v) is 10.6. The molecule has 1 aliphatic rings. The largest absolute Gasteiger partial charge is 0.369 e. The van der Waals surface area contributed by atoms with Crippen molar-refractivity contribution in [3.05, 3.63) is 96.8 Å². The molecule has 0 bridgehead atoms. The van der Waals surface area contributed by atoms with Gasteiger partial charge in [-0.3, -0.25) is 9.29 Å². The van der Waals surface area contributed by atoms with Crippen LogP contribution in [-0.2, 0) is 16.6 Å². The molecule has 0 unspecified atom stereocenters. The van der Waals surface area contributed by atoms with Crippen LogP contribution in [0.3, 0.4) is 0 Å². The van der Waals surface area contributed by atoms with Crippen molar-refractivity contribution in [1.82, 2.24) is 9.88 Å². The van der Waals surface area contributed by atoms with Crippen LogP contribution in [0.4, 0.5) is 11.4 Å². The van der Waals surface area contributed by atoms with Gasteiger partial charge in [-0.05, 0) is 59.8 Å². The van der Waals surface area contributed by atoms with Gasteiger partial charge >= 0.3 is 0 Å². The molecule has 2 heterocycles. The number of benzene rings is 3. The van der Waals surface area contributed by atoms with Gasteiger partial charge in [0, 0.05) is 44.3 Å². The van der Waals surface area contributed by atoms with Gasteiger partial charge in [0.1, 0.15) is 0 Å². The average Bonchev–Trinajstić information content (AvgIpc) is 2.88. The third-order valence-electron chi connectivity index (χ3n) is 6.34. The van der Waals surface area contributed by atoms with E-state index < -0.39 is 10.0 Å². The van der Waals surface area contributed by atoms with E-state index in [0.29, 0.717) is 5.69 Å². The van der Waals surface area contributed by atoms with Crippen LogP contribution in [0.1, 0.15) is 5.56 Å². The van der Waals surface area contributed by atoms with Crippen LogP contribution in [0.5, 0.6) is 0 Å². The van der Waals surface area contributed by atoms with Crippen LogP contribution in [0, 0.1) is 0 Å². The van der Waals surface area contributed by atoms with Gasteiger partial charge < -0.3 is 9.80 Å². The molecule has 0 aliphatic carbocycles. The van der Waals surface area contributed by atoms with Crippen molar-refractivity contribution < 1.29 is 8.42 Å². The number of aromatic nitrogens is 1. The molecule has 0 spiro atoms. The van der Waals surface area contributed by atoms with Gasteiger partial charge in [-0.25, -0.2) is 8.42 Å². The number of pyridine rings is 1. The Kier molecular flexibility index (Phi) is 6.22. The van der Waals surface area contributed by atoms with E-state index in [4.69, 9.17) is 0 Å². The molecule has 34 heavy (non-hydrogen) atoms. The Morgan fingerprint density at radius 2 is 1.65 bits per heavy atom. The number of hydrogen-bond donors (Lipinski definition) is 0. The van der Waals surface area contributed by atoms with Crippen LogP contribution in [-0.4, -0.2) is 51.5 Å². The van der Waals surface area contributed by atoms with Crippen molar-refractivity contribution in [3.8, 4) is 0 Å². The minimum Gasteiger partial charge on any atom is -0.369 e. The summed E-state index contributed by atoms with van der Waals surface area (Å²) in [5.74, 6) is 0. The molecule has 0 N–H and O–H groups in total. The molecule has 5 rings (SSSR count). The second-order valence-electron chi connectivity index (χ2n) is 8.69. The Morgan fingerprint density at radius 1 is 0.853 bits per heavy atom. The maximum absolute atomic E-state index is 14.0. The molecular formula is C27H28N4O2S. The normalized spacial score (nSPS) is 14.9. The minimum absolute atomic E-state index is 0.204. The Morgan fingerprint density at radius 3 is 2.41 bits per heavy atom. The molecule has 1 aromatic heterocycles.